The Balaban J connectivity index is 1.95. The van der Waals surface area contributed by atoms with Crippen LogP contribution in [-0.4, -0.2) is 20.1 Å². The number of carbonyl (C=O) groups is 1. The highest BCUT2D eigenvalue weighted by Crippen LogP contribution is 2.27. The number of rotatable bonds is 6. The van der Waals surface area contributed by atoms with Crippen molar-refractivity contribution in [3.8, 4) is 0 Å². The van der Waals surface area contributed by atoms with Crippen LogP contribution in [-0.2, 0) is 21.1 Å². The van der Waals surface area contributed by atoms with Crippen molar-refractivity contribution in [3.63, 3.8) is 0 Å². The van der Waals surface area contributed by atoms with E-state index in [0.717, 1.165) is 27.1 Å². The van der Waals surface area contributed by atoms with Crippen LogP contribution in [0.2, 0.25) is 0 Å². The van der Waals surface area contributed by atoms with Gasteiger partial charge in [0.1, 0.15) is 4.21 Å². The van der Waals surface area contributed by atoms with Crippen molar-refractivity contribution >= 4 is 48.7 Å². The van der Waals surface area contributed by atoms with Crippen molar-refractivity contribution in [2.45, 2.75) is 24.0 Å². The zero-order chi connectivity index (χ0) is 16.2. The first-order valence-electron chi connectivity index (χ1n) is 6.77. The summed E-state index contributed by atoms with van der Waals surface area (Å²) in [6.07, 6.45) is 0.819. The Labute approximate surface area is 142 Å². The summed E-state index contributed by atoms with van der Waals surface area (Å²) in [5, 5.41) is 2.74. The fraction of sp³-hybridized carbons (Fsp3) is 0.267. The van der Waals surface area contributed by atoms with Gasteiger partial charge in [0, 0.05) is 12.1 Å². The van der Waals surface area contributed by atoms with E-state index in [1.165, 1.54) is 0 Å². The van der Waals surface area contributed by atoms with E-state index in [1.807, 2.05) is 25.1 Å². The lowest BCUT2D eigenvalue weighted by Crippen LogP contribution is -2.17. The molecule has 0 radical (unpaired) electrons. The summed E-state index contributed by atoms with van der Waals surface area (Å²) >= 11 is 4.39. The molecule has 118 valence electrons. The number of nitrogens with one attached hydrogen (secondary N) is 1. The third kappa shape index (κ3) is 4.66. The quantitative estimate of drug-likeness (QED) is 0.798. The Bertz CT molecular complexity index is 769. The van der Waals surface area contributed by atoms with Gasteiger partial charge in [-0.1, -0.05) is 19.1 Å². The number of halogens is 1. The maximum atomic E-state index is 12.1. The Morgan fingerprint density at radius 2 is 2.05 bits per heavy atom. The van der Waals surface area contributed by atoms with Gasteiger partial charge in [0.05, 0.1) is 9.54 Å². The summed E-state index contributed by atoms with van der Waals surface area (Å²) in [6, 6.07) is 10.8. The summed E-state index contributed by atoms with van der Waals surface area (Å²) in [7, 11) is -3.41. The molecule has 0 saturated heterocycles. The monoisotopic (exact) mass is 401 g/mol. The van der Waals surface area contributed by atoms with Crippen molar-refractivity contribution in [2.24, 2.45) is 0 Å². The molecule has 4 nitrogen and oxygen atoms in total. The topological polar surface area (TPSA) is 63.2 Å². The number of carbonyl (C=O) groups excluding carboxylic acids is 1. The molecule has 1 aromatic heterocycles. The second-order valence-corrected chi connectivity index (χ2v) is 9.53. The van der Waals surface area contributed by atoms with Gasteiger partial charge in [0.15, 0.2) is 9.84 Å². The summed E-state index contributed by atoms with van der Waals surface area (Å²) < 4.78 is 25.3. The highest BCUT2D eigenvalue weighted by atomic mass is 79.9. The molecular formula is C15H16BrNO3S2. The molecule has 1 aromatic carbocycles. The number of hydrogen-bond acceptors (Lipinski definition) is 4. The number of anilines is 1. The minimum absolute atomic E-state index is 0.0613. The molecule has 0 fully saturated rings. The Hall–Kier alpha value is -1.18. The summed E-state index contributed by atoms with van der Waals surface area (Å²) in [5.74, 6) is -0.494. The first-order valence-corrected chi connectivity index (χ1v) is 10.0. The standard InChI is InChI=1S/C15H16BrNO3S2/c1-2-11-4-3-5-12(10-11)17-14(18)8-9-22(19,20)15-7-6-13(16)21-15/h3-7,10H,2,8-9H2,1H3,(H,17,18). The van der Waals surface area contributed by atoms with Gasteiger partial charge in [0.25, 0.3) is 0 Å². The predicted molar refractivity (Wildman–Crippen MR) is 93.1 cm³/mol. The van der Waals surface area contributed by atoms with E-state index in [-0.39, 0.29) is 22.3 Å². The van der Waals surface area contributed by atoms with Crippen molar-refractivity contribution in [1.29, 1.82) is 0 Å². The molecular weight excluding hydrogens is 386 g/mol. The van der Waals surface area contributed by atoms with E-state index < -0.39 is 9.84 Å². The van der Waals surface area contributed by atoms with Crippen LogP contribution in [0.25, 0.3) is 0 Å². The van der Waals surface area contributed by atoms with Crippen LogP contribution in [0.15, 0.2) is 44.4 Å². The third-order valence-corrected chi connectivity index (χ3v) is 6.99. The highest BCUT2D eigenvalue weighted by molar-refractivity contribution is 9.11. The van der Waals surface area contributed by atoms with Gasteiger partial charge in [-0.15, -0.1) is 11.3 Å². The zero-order valence-corrected chi connectivity index (χ0v) is 15.2. The minimum atomic E-state index is -3.41. The van der Waals surface area contributed by atoms with Crippen LogP contribution in [0.5, 0.6) is 0 Å². The average molecular weight is 402 g/mol. The summed E-state index contributed by atoms with van der Waals surface area (Å²) in [6.45, 7) is 2.03. The van der Waals surface area contributed by atoms with Gasteiger partial charge in [-0.05, 0) is 52.2 Å². The fourth-order valence-corrected chi connectivity index (χ4v) is 5.28. The molecule has 0 spiro atoms. The molecule has 0 aliphatic carbocycles. The van der Waals surface area contributed by atoms with Gasteiger partial charge >= 0.3 is 0 Å². The Morgan fingerprint density at radius 3 is 2.68 bits per heavy atom. The van der Waals surface area contributed by atoms with Crippen LogP contribution >= 0.6 is 27.3 Å². The van der Waals surface area contributed by atoms with Gasteiger partial charge in [-0.2, -0.15) is 0 Å². The number of benzene rings is 1. The molecule has 2 aromatic rings. The number of aryl methyl sites for hydroxylation is 1. The van der Waals surface area contributed by atoms with Gasteiger partial charge in [-0.25, -0.2) is 8.42 Å². The molecule has 0 aliphatic heterocycles. The number of hydrogen-bond donors (Lipinski definition) is 1. The molecule has 0 saturated carbocycles. The maximum Gasteiger partial charge on any atom is 0.225 e. The molecule has 0 bridgehead atoms. The van der Waals surface area contributed by atoms with E-state index in [0.29, 0.717) is 5.69 Å². The van der Waals surface area contributed by atoms with E-state index in [9.17, 15) is 13.2 Å². The van der Waals surface area contributed by atoms with Gasteiger partial charge < -0.3 is 5.32 Å². The molecule has 7 heteroatoms. The van der Waals surface area contributed by atoms with Crippen LogP contribution in [0.4, 0.5) is 5.69 Å². The molecule has 1 heterocycles. The molecule has 1 N–H and O–H groups in total. The lowest BCUT2D eigenvalue weighted by Gasteiger charge is -2.07. The number of thiophene rings is 1. The van der Waals surface area contributed by atoms with E-state index in [4.69, 9.17) is 0 Å². The van der Waals surface area contributed by atoms with Crippen molar-refractivity contribution in [2.75, 3.05) is 11.1 Å². The zero-order valence-electron chi connectivity index (χ0n) is 12.0. The highest BCUT2D eigenvalue weighted by Gasteiger charge is 2.18. The summed E-state index contributed by atoms with van der Waals surface area (Å²) in [4.78, 5) is 11.9. The van der Waals surface area contributed by atoms with Crippen molar-refractivity contribution in [3.05, 3.63) is 45.7 Å². The number of sulfone groups is 1. The third-order valence-electron chi connectivity index (χ3n) is 3.07. The second kappa shape index (κ2) is 7.39. The first kappa shape index (κ1) is 17.2. The minimum Gasteiger partial charge on any atom is -0.326 e. The molecule has 0 unspecified atom stereocenters. The van der Waals surface area contributed by atoms with Crippen molar-refractivity contribution < 1.29 is 13.2 Å². The van der Waals surface area contributed by atoms with E-state index in [1.54, 1.807) is 18.2 Å². The molecule has 2 rings (SSSR count). The number of amides is 1. The van der Waals surface area contributed by atoms with Crippen LogP contribution in [0.1, 0.15) is 18.9 Å². The van der Waals surface area contributed by atoms with Crippen LogP contribution in [0.3, 0.4) is 0 Å². The lowest BCUT2D eigenvalue weighted by molar-refractivity contribution is -0.115. The van der Waals surface area contributed by atoms with E-state index in [2.05, 4.69) is 21.2 Å². The molecule has 0 atom stereocenters. The lowest BCUT2D eigenvalue weighted by atomic mass is 10.1. The molecule has 22 heavy (non-hydrogen) atoms. The molecule has 1 amide bonds. The van der Waals surface area contributed by atoms with Crippen LogP contribution < -0.4 is 5.32 Å². The van der Waals surface area contributed by atoms with Gasteiger partial charge in [0.2, 0.25) is 5.91 Å². The Morgan fingerprint density at radius 1 is 1.27 bits per heavy atom. The van der Waals surface area contributed by atoms with Crippen LogP contribution in [0, 0.1) is 0 Å². The second-order valence-electron chi connectivity index (χ2n) is 4.73. The fourth-order valence-electron chi connectivity index (χ4n) is 1.88. The van der Waals surface area contributed by atoms with E-state index >= 15 is 0 Å². The smallest absolute Gasteiger partial charge is 0.225 e. The summed E-state index contributed by atoms with van der Waals surface area (Å²) in [5.41, 5.74) is 1.81. The van der Waals surface area contributed by atoms with Crippen molar-refractivity contribution in [1.82, 2.24) is 0 Å². The Kier molecular flexibility index (Phi) is 5.77. The molecule has 0 aliphatic rings. The largest absolute Gasteiger partial charge is 0.326 e. The average Bonchev–Trinajstić information content (AvgIpc) is 2.93. The SMILES string of the molecule is CCc1cccc(NC(=O)CCS(=O)(=O)c2ccc(Br)s2)c1. The predicted octanol–water partition coefficient (Wildman–Crippen LogP) is 3.88. The maximum absolute atomic E-state index is 12.1. The normalized spacial score (nSPS) is 11.4. The first-order chi connectivity index (χ1) is 10.4. The van der Waals surface area contributed by atoms with Gasteiger partial charge in [-0.3, -0.25) is 4.79 Å².